The van der Waals surface area contributed by atoms with Crippen LogP contribution in [0.5, 0.6) is 0 Å². The van der Waals surface area contributed by atoms with Crippen molar-refractivity contribution in [2.45, 2.75) is 94.6 Å². The first kappa shape index (κ1) is 40.0. The molecule has 2 bridgehead atoms. The highest BCUT2D eigenvalue weighted by Gasteiger charge is 2.44. The fourth-order valence-corrected chi connectivity index (χ4v) is 11.4. The van der Waals surface area contributed by atoms with Crippen LogP contribution in [-0.4, -0.2) is 73.3 Å². The van der Waals surface area contributed by atoms with Crippen molar-refractivity contribution in [1.29, 1.82) is 0 Å². The number of carboxylic acid groups (broad SMARTS) is 1. The zero-order valence-electron chi connectivity index (χ0n) is 29.5. The van der Waals surface area contributed by atoms with E-state index in [0.29, 0.717) is 51.5 Å². The second kappa shape index (κ2) is 19.8. The van der Waals surface area contributed by atoms with Crippen LogP contribution in [0.4, 0.5) is 0 Å². The summed E-state index contributed by atoms with van der Waals surface area (Å²) in [6.07, 6.45) is 10.5. The van der Waals surface area contributed by atoms with Crippen molar-refractivity contribution in [1.82, 2.24) is 0 Å². The van der Waals surface area contributed by atoms with E-state index >= 15 is 0 Å². The lowest BCUT2D eigenvalue weighted by atomic mass is 9.62. The minimum absolute atomic E-state index is 0.00602. The standard InChI is InChI=1S/C41H57NO7S2/c42-18-17-36-31-11-12-32(38(36)40(47)41(48)49)22-29-7-1-2-8-33(29)24-50-51-25-34(20-26-5-3-6-27(19-26)23-43)30(21-31)9-4-10-37(45)39(46)28-13-15-35(44)16-14-28/h1-8,10-12,19,28,30-32,34-40,43-47H,9,13-18,20-25,42H2,(H,48,49). The third kappa shape index (κ3) is 10.9. The number of rotatable bonds is 12. The summed E-state index contributed by atoms with van der Waals surface area (Å²) in [6, 6.07) is 16.4. The summed E-state index contributed by atoms with van der Waals surface area (Å²) in [4.78, 5) is 12.4. The van der Waals surface area contributed by atoms with E-state index in [2.05, 4.69) is 36.4 Å². The van der Waals surface area contributed by atoms with Crippen molar-refractivity contribution in [3.63, 3.8) is 0 Å². The SMILES string of the molecule is NCCC1C2C=CC(Cc3ccccc3CSSCC(Cc3cccc(CO)c3)C(CC=CC(O)C(O)C3CCC(O)CC3)C2)C1C(O)C(=O)O. The Balaban J connectivity index is 1.49. The van der Waals surface area contributed by atoms with Crippen molar-refractivity contribution >= 4 is 27.6 Å². The van der Waals surface area contributed by atoms with Gasteiger partial charge in [-0.2, -0.15) is 0 Å². The van der Waals surface area contributed by atoms with Crippen LogP contribution in [0.3, 0.4) is 0 Å². The van der Waals surface area contributed by atoms with Crippen molar-refractivity contribution in [2.75, 3.05) is 12.3 Å². The number of fused-ring (bicyclic) bond motifs is 7. The smallest absolute Gasteiger partial charge is 0.332 e. The molecule has 6 rings (SSSR count). The first-order chi connectivity index (χ1) is 24.7. The molecule has 9 unspecified atom stereocenters. The third-order valence-corrected chi connectivity index (χ3v) is 14.1. The van der Waals surface area contributed by atoms with Crippen LogP contribution < -0.4 is 5.73 Å². The summed E-state index contributed by atoms with van der Waals surface area (Å²) in [5.74, 6) is -0.0466. The van der Waals surface area contributed by atoms with Crippen LogP contribution in [0.25, 0.3) is 0 Å². The number of benzene rings is 2. The molecule has 0 amide bonds. The summed E-state index contributed by atoms with van der Waals surface area (Å²) in [7, 11) is 3.69. The molecule has 4 aliphatic rings. The normalized spacial score (nSPS) is 30.7. The number of hydrogen-bond donors (Lipinski definition) is 7. The highest BCUT2D eigenvalue weighted by atomic mass is 33.1. The monoisotopic (exact) mass is 739 g/mol. The Morgan fingerprint density at radius 2 is 1.65 bits per heavy atom. The van der Waals surface area contributed by atoms with E-state index in [1.54, 1.807) is 6.08 Å². The molecule has 51 heavy (non-hydrogen) atoms. The molecular formula is C41H57NO7S2. The van der Waals surface area contributed by atoms with Gasteiger partial charge in [0.2, 0.25) is 0 Å². The first-order valence-electron chi connectivity index (χ1n) is 18.7. The van der Waals surface area contributed by atoms with Crippen LogP contribution >= 0.6 is 21.6 Å². The van der Waals surface area contributed by atoms with E-state index < -0.39 is 30.2 Å². The molecule has 10 heteroatoms. The number of carboxylic acids is 1. The predicted octanol–water partition coefficient (Wildman–Crippen LogP) is 5.53. The Morgan fingerprint density at radius 1 is 0.922 bits per heavy atom. The molecule has 0 saturated heterocycles. The number of aliphatic hydroxyl groups is 5. The van der Waals surface area contributed by atoms with Gasteiger partial charge in [0.1, 0.15) is 0 Å². The lowest BCUT2D eigenvalue weighted by Crippen LogP contribution is -2.45. The molecule has 2 heterocycles. The van der Waals surface area contributed by atoms with E-state index in [0.717, 1.165) is 35.5 Å². The van der Waals surface area contributed by atoms with Gasteiger partial charge in [-0.1, -0.05) is 94.4 Å². The zero-order chi connectivity index (χ0) is 36.3. The summed E-state index contributed by atoms with van der Waals surface area (Å²) in [5.41, 5.74) is 10.6. The number of aliphatic hydroxyl groups excluding tert-OH is 5. The van der Waals surface area contributed by atoms with Gasteiger partial charge in [0.25, 0.3) is 0 Å². The van der Waals surface area contributed by atoms with E-state index in [1.165, 1.54) is 11.1 Å². The molecule has 0 aromatic heterocycles. The maximum Gasteiger partial charge on any atom is 0.332 e. The molecule has 8 N–H and O–H groups in total. The molecule has 2 aliphatic carbocycles. The molecule has 1 saturated carbocycles. The minimum Gasteiger partial charge on any atom is -0.479 e. The highest BCUT2D eigenvalue weighted by Crippen LogP contribution is 2.46. The zero-order valence-corrected chi connectivity index (χ0v) is 31.1. The van der Waals surface area contributed by atoms with Crippen molar-refractivity contribution in [3.8, 4) is 0 Å². The summed E-state index contributed by atoms with van der Waals surface area (Å²) < 4.78 is 0. The second-order valence-corrected chi connectivity index (χ2v) is 17.5. The maximum atomic E-state index is 12.4. The molecule has 0 spiro atoms. The van der Waals surface area contributed by atoms with Gasteiger partial charge in [-0.15, -0.1) is 0 Å². The lowest BCUT2D eigenvalue weighted by molar-refractivity contribution is -0.153. The molecule has 2 aromatic carbocycles. The van der Waals surface area contributed by atoms with Crippen LogP contribution in [0.15, 0.2) is 72.8 Å². The summed E-state index contributed by atoms with van der Waals surface area (Å²) in [5, 5.41) is 63.3. The molecule has 280 valence electrons. The number of carbonyl (C=O) groups is 1. The van der Waals surface area contributed by atoms with Crippen LogP contribution in [0.2, 0.25) is 0 Å². The molecular weight excluding hydrogens is 683 g/mol. The average molecular weight is 740 g/mol. The van der Waals surface area contributed by atoms with Gasteiger partial charge in [-0.3, -0.25) is 0 Å². The Hall–Kier alpha value is -2.15. The van der Waals surface area contributed by atoms with Crippen LogP contribution in [-0.2, 0) is 30.0 Å². The Bertz CT molecular complexity index is 1450. The van der Waals surface area contributed by atoms with Gasteiger partial charge >= 0.3 is 5.97 Å². The van der Waals surface area contributed by atoms with Gasteiger partial charge in [-0.05, 0) is 122 Å². The fourth-order valence-electron chi connectivity index (χ4n) is 8.82. The van der Waals surface area contributed by atoms with Crippen molar-refractivity contribution in [3.05, 3.63) is 95.1 Å². The van der Waals surface area contributed by atoms with E-state index in [1.807, 2.05) is 51.9 Å². The average Bonchev–Trinajstić information content (AvgIpc) is 3.13. The van der Waals surface area contributed by atoms with Crippen molar-refractivity contribution < 1.29 is 35.4 Å². The lowest BCUT2D eigenvalue weighted by Gasteiger charge is -2.43. The van der Waals surface area contributed by atoms with Gasteiger partial charge in [-0.25, -0.2) is 4.79 Å². The van der Waals surface area contributed by atoms with Crippen LogP contribution in [0.1, 0.15) is 67.2 Å². The summed E-state index contributed by atoms with van der Waals surface area (Å²) in [6.45, 7) is 0.356. The molecule has 8 nitrogen and oxygen atoms in total. The fraction of sp³-hybridized carbons (Fsp3) is 0.585. The Kier molecular flexibility index (Phi) is 15.5. The van der Waals surface area contributed by atoms with E-state index in [4.69, 9.17) is 5.73 Å². The highest BCUT2D eigenvalue weighted by molar-refractivity contribution is 8.76. The largest absolute Gasteiger partial charge is 0.479 e. The van der Waals surface area contributed by atoms with E-state index in [-0.39, 0.29) is 48.2 Å². The van der Waals surface area contributed by atoms with E-state index in [9.17, 15) is 35.4 Å². The Labute approximate surface area is 311 Å². The number of hydrogen-bond acceptors (Lipinski definition) is 9. The van der Waals surface area contributed by atoms with Gasteiger partial charge in [0, 0.05) is 17.4 Å². The number of allylic oxidation sites excluding steroid dienone is 3. The van der Waals surface area contributed by atoms with Gasteiger partial charge in [0.15, 0.2) is 6.10 Å². The topological polar surface area (TPSA) is 164 Å². The number of aliphatic carboxylic acids is 1. The molecule has 0 radical (unpaired) electrons. The van der Waals surface area contributed by atoms with Crippen LogP contribution in [0, 0.1) is 41.4 Å². The maximum absolute atomic E-state index is 12.4. The molecule has 2 aliphatic heterocycles. The Morgan fingerprint density at radius 3 is 2.37 bits per heavy atom. The van der Waals surface area contributed by atoms with Gasteiger partial charge in [0.05, 0.1) is 24.9 Å². The quantitative estimate of drug-likeness (QED) is 0.109. The van der Waals surface area contributed by atoms with Crippen molar-refractivity contribution in [2.24, 2.45) is 47.2 Å². The third-order valence-electron chi connectivity index (χ3n) is 11.7. The molecule has 1 fully saturated rings. The number of nitrogens with two attached hydrogens (primary N) is 1. The summed E-state index contributed by atoms with van der Waals surface area (Å²) >= 11 is 0. The van der Waals surface area contributed by atoms with Gasteiger partial charge < -0.3 is 36.4 Å². The molecule has 9 atom stereocenters. The molecule has 2 aromatic rings. The first-order valence-corrected chi connectivity index (χ1v) is 21.2. The minimum atomic E-state index is -1.52. The second-order valence-electron chi connectivity index (χ2n) is 15.0. The predicted molar refractivity (Wildman–Crippen MR) is 206 cm³/mol.